The van der Waals surface area contributed by atoms with Crippen molar-refractivity contribution in [3.8, 4) is 11.4 Å². The van der Waals surface area contributed by atoms with Crippen molar-refractivity contribution < 1.29 is 4.74 Å². The van der Waals surface area contributed by atoms with E-state index < -0.39 is 0 Å². The molecule has 0 fully saturated rings. The number of aromatic nitrogens is 2. The first kappa shape index (κ1) is 9.58. The van der Waals surface area contributed by atoms with E-state index in [9.17, 15) is 0 Å². The Balaban J connectivity index is 2.41. The molecule has 1 heterocycles. The van der Waals surface area contributed by atoms with Crippen LogP contribution in [0.5, 0.6) is 5.75 Å². The summed E-state index contributed by atoms with van der Waals surface area (Å²) in [5.41, 5.74) is 7.60. The standard InChI is InChI=1S/C11H13N3O/c1-8-7-11(12)13-14(8)9-3-5-10(15-2)6-4-9/h3-7H,1-2H3,(H2,12,13). The second-order valence-electron chi connectivity index (χ2n) is 3.32. The van der Waals surface area contributed by atoms with Gasteiger partial charge in [0.15, 0.2) is 0 Å². The van der Waals surface area contributed by atoms with Crippen molar-refractivity contribution in [2.24, 2.45) is 0 Å². The molecule has 0 unspecified atom stereocenters. The maximum atomic E-state index is 5.62. The summed E-state index contributed by atoms with van der Waals surface area (Å²) in [6.07, 6.45) is 0. The number of nitrogen functional groups attached to an aromatic ring is 1. The molecule has 0 aliphatic rings. The second kappa shape index (κ2) is 3.65. The maximum absolute atomic E-state index is 5.62. The van der Waals surface area contributed by atoms with Crippen LogP contribution in [0.2, 0.25) is 0 Å². The summed E-state index contributed by atoms with van der Waals surface area (Å²) in [6.45, 7) is 1.97. The van der Waals surface area contributed by atoms with Crippen LogP contribution in [-0.2, 0) is 0 Å². The van der Waals surface area contributed by atoms with Gasteiger partial charge in [0, 0.05) is 11.8 Å². The second-order valence-corrected chi connectivity index (χ2v) is 3.32. The molecule has 0 spiro atoms. The first-order valence-corrected chi connectivity index (χ1v) is 4.67. The lowest BCUT2D eigenvalue weighted by Crippen LogP contribution is -1.99. The maximum Gasteiger partial charge on any atom is 0.146 e. The lowest BCUT2D eigenvalue weighted by molar-refractivity contribution is 0.414. The average molecular weight is 203 g/mol. The molecule has 1 aromatic carbocycles. The third-order valence-corrected chi connectivity index (χ3v) is 2.22. The molecular formula is C11H13N3O. The van der Waals surface area contributed by atoms with E-state index in [4.69, 9.17) is 10.5 Å². The predicted molar refractivity (Wildman–Crippen MR) is 59.3 cm³/mol. The topological polar surface area (TPSA) is 53.1 Å². The van der Waals surface area contributed by atoms with Gasteiger partial charge >= 0.3 is 0 Å². The molecule has 0 atom stereocenters. The normalized spacial score (nSPS) is 10.3. The highest BCUT2D eigenvalue weighted by Crippen LogP contribution is 2.16. The van der Waals surface area contributed by atoms with Crippen molar-refractivity contribution in [2.45, 2.75) is 6.92 Å². The molecule has 2 rings (SSSR count). The van der Waals surface area contributed by atoms with Crippen molar-refractivity contribution in [1.29, 1.82) is 0 Å². The van der Waals surface area contributed by atoms with E-state index in [2.05, 4.69) is 5.10 Å². The summed E-state index contributed by atoms with van der Waals surface area (Å²) in [6, 6.07) is 9.51. The van der Waals surface area contributed by atoms with Crippen molar-refractivity contribution in [2.75, 3.05) is 12.8 Å². The zero-order valence-electron chi connectivity index (χ0n) is 8.77. The molecule has 0 amide bonds. The Labute approximate surface area is 88.3 Å². The lowest BCUT2D eigenvalue weighted by atomic mass is 10.3. The quantitative estimate of drug-likeness (QED) is 0.809. The monoisotopic (exact) mass is 203 g/mol. The smallest absolute Gasteiger partial charge is 0.146 e. The van der Waals surface area contributed by atoms with Gasteiger partial charge in [0.2, 0.25) is 0 Å². The summed E-state index contributed by atoms with van der Waals surface area (Å²) in [4.78, 5) is 0. The van der Waals surface area contributed by atoms with Gasteiger partial charge in [0.1, 0.15) is 11.6 Å². The zero-order chi connectivity index (χ0) is 10.8. The molecule has 0 bridgehead atoms. The van der Waals surface area contributed by atoms with Gasteiger partial charge in [-0.2, -0.15) is 5.10 Å². The number of nitrogens with two attached hydrogens (primary N) is 1. The van der Waals surface area contributed by atoms with E-state index >= 15 is 0 Å². The van der Waals surface area contributed by atoms with Crippen molar-refractivity contribution in [1.82, 2.24) is 9.78 Å². The minimum Gasteiger partial charge on any atom is -0.497 e. The molecule has 15 heavy (non-hydrogen) atoms. The highest BCUT2D eigenvalue weighted by Gasteiger charge is 2.03. The van der Waals surface area contributed by atoms with Crippen LogP contribution in [0.15, 0.2) is 30.3 Å². The summed E-state index contributed by atoms with van der Waals surface area (Å²) < 4.78 is 6.89. The molecule has 0 saturated carbocycles. The van der Waals surface area contributed by atoms with Crippen LogP contribution in [-0.4, -0.2) is 16.9 Å². The van der Waals surface area contributed by atoms with Gasteiger partial charge in [0.05, 0.1) is 12.8 Å². The zero-order valence-corrected chi connectivity index (χ0v) is 8.77. The van der Waals surface area contributed by atoms with Gasteiger partial charge in [-0.05, 0) is 31.2 Å². The minimum atomic E-state index is 0.531. The van der Waals surface area contributed by atoms with E-state index in [1.807, 2.05) is 37.3 Å². The Morgan fingerprint density at radius 2 is 1.93 bits per heavy atom. The molecule has 1 aromatic heterocycles. The van der Waals surface area contributed by atoms with Gasteiger partial charge in [0.25, 0.3) is 0 Å². The first-order chi connectivity index (χ1) is 7.20. The molecular weight excluding hydrogens is 190 g/mol. The predicted octanol–water partition coefficient (Wildman–Crippen LogP) is 1.77. The van der Waals surface area contributed by atoms with Gasteiger partial charge in [-0.3, -0.25) is 0 Å². The van der Waals surface area contributed by atoms with Crippen LogP contribution < -0.4 is 10.5 Å². The Morgan fingerprint density at radius 3 is 2.40 bits per heavy atom. The average Bonchev–Trinajstić information content (AvgIpc) is 2.58. The third kappa shape index (κ3) is 1.79. The van der Waals surface area contributed by atoms with Crippen LogP contribution in [0.4, 0.5) is 5.82 Å². The molecule has 4 nitrogen and oxygen atoms in total. The fraction of sp³-hybridized carbons (Fsp3) is 0.182. The number of nitrogens with zero attached hydrogens (tertiary/aromatic N) is 2. The fourth-order valence-corrected chi connectivity index (χ4v) is 1.48. The first-order valence-electron chi connectivity index (χ1n) is 4.67. The van der Waals surface area contributed by atoms with E-state index in [1.165, 1.54) is 0 Å². The number of aryl methyl sites for hydroxylation is 1. The van der Waals surface area contributed by atoms with Crippen LogP contribution in [0, 0.1) is 6.92 Å². The number of hydrogen-bond acceptors (Lipinski definition) is 3. The largest absolute Gasteiger partial charge is 0.497 e. The highest BCUT2D eigenvalue weighted by molar-refractivity contribution is 5.41. The van der Waals surface area contributed by atoms with Crippen LogP contribution in [0.1, 0.15) is 5.69 Å². The molecule has 2 N–H and O–H groups in total. The molecule has 0 saturated heterocycles. The van der Waals surface area contributed by atoms with Gasteiger partial charge in [-0.1, -0.05) is 0 Å². The summed E-state index contributed by atoms with van der Waals surface area (Å²) >= 11 is 0. The Kier molecular flexibility index (Phi) is 2.33. The molecule has 0 aliphatic heterocycles. The number of hydrogen-bond donors (Lipinski definition) is 1. The summed E-state index contributed by atoms with van der Waals surface area (Å²) in [7, 11) is 1.64. The van der Waals surface area contributed by atoms with E-state index in [0.717, 1.165) is 17.1 Å². The van der Waals surface area contributed by atoms with Crippen LogP contribution in [0.3, 0.4) is 0 Å². The Morgan fingerprint density at radius 1 is 1.27 bits per heavy atom. The number of rotatable bonds is 2. The molecule has 4 heteroatoms. The van der Waals surface area contributed by atoms with Crippen molar-refractivity contribution in [3.05, 3.63) is 36.0 Å². The van der Waals surface area contributed by atoms with Gasteiger partial charge in [-0.15, -0.1) is 0 Å². The molecule has 78 valence electrons. The van der Waals surface area contributed by atoms with Crippen molar-refractivity contribution in [3.63, 3.8) is 0 Å². The van der Waals surface area contributed by atoms with Crippen LogP contribution in [0.25, 0.3) is 5.69 Å². The number of anilines is 1. The number of ether oxygens (including phenoxy) is 1. The Hall–Kier alpha value is -1.97. The van der Waals surface area contributed by atoms with E-state index in [-0.39, 0.29) is 0 Å². The fourth-order valence-electron chi connectivity index (χ4n) is 1.48. The van der Waals surface area contributed by atoms with Gasteiger partial charge < -0.3 is 10.5 Å². The van der Waals surface area contributed by atoms with E-state index in [1.54, 1.807) is 11.8 Å². The summed E-state index contributed by atoms with van der Waals surface area (Å²) in [5, 5.41) is 4.19. The summed E-state index contributed by atoms with van der Waals surface area (Å²) in [5.74, 6) is 1.36. The van der Waals surface area contributed by atoms with Crippen LogP contribution >= 0.6 is 0 Å². The molecule has 0 radical (unpaired) electrons. The lowest BCUT2D eigenvalue weighted by Gasteiger charge is -2.05. The number of benzene rings is 1. The third-order valence-electron chi connectivity index (χ3n) is 2.22. The molecule has 0 aliphatic carbocycles. The SMILES string of the molecule is COc1ccc(-n2nc(N)cc2C)cc1. The molecule has 2 aromatic rings. The van der Waals surface area contributed by atoms with Gasteiger partial charge in [-0.25, -0.2) is 4.68 Å². The minimum absolute atomic E-state index is 0.531. The number of methoxy groups -OCH3 is 1. The highest BCUT2D eigenvalue weighted by atomic mass is 16.5. The Bertz CT molecular complexity index is 459. The van der Waals surface area contributed by atoms with Crippen molar-refractivity contribution >= 4 is 5.82 Å². The van der Waals surface area contributed by atoms with E-state index in [0.29, 0.717) is 5.82 Å².